The van der Waals surface area contributed by atoms with Crippen LogP contribution >= 0.6 is 0 Å². The van der Waals surface area contributed by atoms with Gasteiger partial charge in [0.2, 0.25) is 0 Å². The maximum Gasteiger partial charge on any atom is 0.313 e. The number of nitrogens with zero attached hydrogens (tertiary/aromatic N) is 1. The van der Waals surface area contributed by atoms with E-state index in [1.165, 1.54) is 0 Å². The summed E-state index contributed by atoms with van der Waals surface area (Å²) < 4.78 is 5.43. The van der Waals surface area contributed by atoms with Gasteiger partial charge in [-0.1, -0.05) is 6.07 Å². The number of hydrogen-bond acceptors (Lipinski definition) is 4. The Labute approximate surface area is 105 Å². The molecule has 2 rings (SSSR count). The van der Waals surface area contributed by atoms with Crippen LogP contribution in [0.4, 0.5) is 0 Å². The number of aliphatic carboxylic acids is 1. The molecule has 0 bridgehead atoms. The molecule has 2 aromatic rings. The smallest absolute Gasteiger partial charge is 0.313 e. The molecule has 0 fully saturated rings. The SMILES string of the molecule is Cc1nc2ccc(C(C)(CCN)C(=O)O)cc2o1. The number of hydrogen-bond donors (Lipinski definition) is 2. The molecular weight excluding hydrogens is 232 g/mol. The molecule has 5 nitrogen and oxygen atoms in total. The van der Waals surface area contributed by atoms with Crippen LogP contribution in [0.25, 0.3) is 11.1 Å². The first-order chi connectivity index (χ1) is 8.47. The van der Waals surface area contributed by atoms with Crippen LogP contribution in [0.1, 0.15) is 24.8 Å². The van der Waals surface area contributed by atoms with Crippen molar-refractivity contribution in [3.63, 3.8) is 0 Å². The Morgan fingerprint density at radius 2 is 2.28 bits per heavy atom. The molecule has 1 atom stereocenters. The van der Waals surface area contributed by atoms with Crippen LogP contribution in [0.5, 0.6) is 0 Å². The molecule has 0 spiro atoms. The third-order valence-corrected chi connectivity index (χ3v) is 3.25. The van der Waals surface area contributed by atoms with Crippen molar-refractivity contribution in [2.75, 3.05) is 6.54 Å². The highest BCUT2D eigenvalue weighted by molar-refractivity contribution is 5.83. The molecule has 5 heteroatoms. The molecule has 0 aliphatic rings. The van der Waals surface area contributed by atoms with Gasteiger partial charge >= 0.3 is 5.97 Å². The van der Waals surface area contributed by atoms with Crippen LogP contribution in [0, 0.1) is 6.92 Å². The standard InChI is InChI=1S/C13H16N2O3/c1-8-15-10-4-3-9(7-11(10)18-8)13(2,5-6-14)12(16)17/h3-4,7H,5-6,14H2,1-2H3,(H,16,17). The highest BCUT2D eigenvalue weighted by Crippen LogP contribution is 2.30. The third-order valence-electron chi connectivity index (χ3n) is 3.25. The summed E-state index contributed by atoms with van der Waals surface area (Å²) in [7, 11) is 0. The number of carboxylic acids is 1. The molecule has 0 aliphatic carbocycles. The fraction of sp³-hybridized carbons (Fsp3) is 0.385. The van der Waals surface area contributed by atoms with Crippen molar-refractivity contribution in [1.82, 2.24) is 4.98 Å². The Balaban J connectivity index is 2.54. The average molecular weight is 248 g/mol. The van der Waals surface area contributed by atoms with Crippen molar-refractivity contribution >= 4 is 17.1 Å². The van der Waals surface area contributed by atoms with Gasteiger partial charge in [-0.25, -0.2) is 4.98 Å². The van der Waals surface area contributed by atoms with Crippen LogP contribution < -0.4 is 5.73 Å². The molecule has 0 saturated heterocycles. The third kappa shape index (κ3) is 1.97. The second-order valence-corrected chi connectivity index (χ2v) is 4.59. The summed E-state index contributed by atoms with van der Waals surface area (Å²) in [6.07, 6.45) is 0.376. The lowest BCUT2D eigenvalue weighted by Gasteiger charge is -2.24. The van der Waals surface area contributed by atoms with E-state index < -0.39 is 11.4 Å². The van der Waals surface area contributed by atoms with E-state index in [0.29, 0.717) is 30.0 Å². The Hall–Kier alpha value is -1.88. The lowest BCUT2D eigenvalue weighted by atomic mass is 9.79. The van der Waals surface area contributed by atoms with Crippen molar-refractivity contribution < 1.29 is 14.3 Å². The van der Waals surface area contributed by atoms with Gasteiger partial charge in [-0.2, -0.15) is 0 Å². The summed E-state index contributed by atoms with van der Waals surface area (Å²) in [4.78, 5) is 15.6. The lowest BCUT2D eigenvalue weighted by Crippen LogP contribution is -2.34. The summed E-state index contributed by atoms with van der Waals surface area (Å²) in [5.74, 6) is -0.318. The van der Waals surface area contributed by atoms with E-state index in [4.69, 9.17) is 10.2 Å². The van der Waals surface area contributed by atoms with E-state index in [2.05, 4.69) is 4.98 Å². The second-order valence-electron chi connectivity index (χ2n) is 4.59. The predicted octanol–water partition coefficient (Wildman–Crippen LogP) is 1.83. The van der Waals surface area contributed by atoms with Crippen molar-refractivity contribution in [3.05, 3.63) is 29.7 Å². The summed E-state index contributed by atoms with van der Waals surface area (Å²) in [5.41, 5.74) is 6.53. The van der Waals surface area contributed by atoms with Crippen LogP contribution in [0.3, 0.4) is 0 Å². The van der Waals surface area contributed by atoms with E-state index in [-0.39, 0.29) is 0 Å². The van der Waals surface area contributed by atoms with Gasteiger partial charge in [-0.3, -0.25) is 4.79 Å². The summed E-state index contributed by atoms with van der Waals surface area (Å²) >= 11 is 0. The molecule has 0 radical (unpaired) electrons. The largest absolute Gasteiger partial charge is 0.481 e. The van der Waals surface area contributed by atoms with E-state index in [0.717, 1.165) is 5.52 Å². The number of aryl methyl sites for hydroxylation is 1. The first-order valence-corrected chi connectivity index (χ1v) is 5.78. The Morgan fingerprint density at radius 3 is 2.89 bits per heavy atom. The molecule has 18 heavy (non-hydrogen) atoms. The zero-order valence-electron chi connectivity index (χ0n) is 10.4. The lowest BCUT2D eigenvalue weighted by molar-refractivity contribution is -0.143. The van der Waals surface area contributed by atoms with Crippen LogP contribution in [-0.2, 0) is 10.2 Å². The van der Waals surface area contributed by atoms with Gasteiger partial charge in [0.15, 0.2) is 11.5 Å². The molecule has 3 N–H and O–H groups in total. The zero-order valence-corrected chi connectivity index (χ0v) is 10.4. The summed E-state index contributed by atoms with van der Waals surface area (Å²) in [6.45, 7) is 3.75. The normalized spacial score (nSPS) is 14.6. The minimum atomic E-state index is -0.996. The van der Waals surface area contributed by atoms with Gasteiger partial charge in [-0.15, -0.1) is 0 Å². The number of carboxylic acid groups (broad SMARTS) is 1. The predicted molar refractivity (Wildman–Crippen MR) is 67.4 cm³/mol. The molecule has 0 amide bonds. The van der Waals surface area contributed by atoms with Crippen molar-refractivity contribution in [1.29, 1.82) is 0 Å². The monoisotopic (exact) mass is 248 g/mol. The average Bonchev–Trinajstić information content (AvgIpc) is 2.67. The van der Waals surface area contributed by atoms with Gasteiger partial charge in [-0.05, 0) is 37.6 Å². The van der Waals surface area contributed by atoms with E-state index in [1.54, 1.807) is 32.0 Å². The van der Waals surface area contributed by atoms with E-state index in [9.17, 15) is 9.90 Å². The van der Waals surface area contributed by atoms with Gasteiger partial charge in [0, 0.05) is 6.92 Å². The molecule has 0 saturated carbocycles. The van der Waals surface area contributed by atoms with Crippen molar-refractivity contribution in [3.8, 4) is 0 Å². The first kappa shape index (κ1) is 12.6. The van der Waals surface area contributed by atoms with E-state index in [1.807, 2.05) is 0 Å². The van der Waals surface area contributed by atoms with Gasteiger partial charge in [0.1, 0.15) is 5.52 Å². The van der Waals surface area contributed by atoms with Gasteiger partial charge in [0.05, 0.1) is 5.41 Å². The van der Waals surface area contributed by atoms with Crippen LogP contribution in [0.2, 0.25) is 0 Å². The zero-order chi connectivity index (χ0) is 13.3. The Bertz CT molecular complexity index is 591. The summed E-state index contributed by atoms with van der Waals surface area (Å²) in [5, 5.41) is 9.39. The highest BCUT2D eigenvalue weighted by atomic mass is 16.4. The molecular formula is C13H16N2O3. The van der Waals surface area contributed by atoms with E-state index >= 15 is 0 Å². The van der Waals surface area contributed by atoms with Gasteiger partial charge in [0.25, 0.3) is 0 Å². The van der Waals surface area contributed by atoms with Crippen LogP contribution in [0.15, 0.2) is 22.6 Å². The fourth-order valence-electron chi connectivity index (χ4n) is 2.05. The number of aromatic nitrogens is 1. The molecule has 1 unspecified atom stereocenters. The number of oxazole rings is 1. The second kappa shape index (κ2) is 4.42. The maximum absolute atomic E-state index is 11.5. The highest BCUT2D eigenvalue weighted by Gasteiger charge is 2.34. The molecule has 96 valence electrons. The van der Waals surface area contributed by atoms with Crippen LogP contribution in [-0.4, -0.2) is 22.6 Å². The molecule has 1 heterocycles. The van der Waals surface area contributed by atoms with Gasteiger partial charge < -0.3 is 15.3 Å². The van der Waals surface area contributed by atoms with Crippen molar-refractivity contribution in [2.24, 2.45) is 5.73 Å². The summed E-state index contributed by atoms with van der Waals surface area (Å²) in [6, 6.07) is 5.28. The topological polar surface area (TPSA) is 89.3 Å². The number of fused-ring (bicyclic) bond motifs is 1. The number of carbonyl (C=O) groups is 1. The minimum absolute atomic E-state index is 0.316. The Kier molecular flexibility index (Phi) is 3.09. The fourth-order valence-corrected chi connectivity index (χ4v) is 2.05. The number of rotatable bonds is 4. The maximum atomic E-state index is 11.5. The quantitative estimate of drug-likeness (QED) is 0.861. The Morgan fingerprint density at radius 1 is 1.56 bits per heavy atom. The molecule has 1 aromatic heterocycles. The number of benzene rings is 1. The first-order valence-electron chi connectivity index (χ1n) is 5.78. The van der Waals surface area contributed by atoms with Crippen molar-refractivity contribution in [2.45, 2.75) is 25.7 Å². The number of nitrogens with two attached hydrogens (primary N) is 1. The minimum Gasteiger partial charge on any atom is -0.481 e. The molecule has 0 aliphatic heterocycles. The molecule has 1 aromatic carbocycles.